The zero-order valence-electron chi connectivity index (χ0n) is 9.97. The third kappa shape index (κ3) is 2.78. The maximum absolute atomic E-state index is 9.61. The number of nitrogens with zero attached hydrogens (tertiary/aromatic N) is 2. The largest absolute Gasteiger partial charge is 0.394 e. The van der Waals surface area contributed by atoms with Crippen LogP contribution < -0.4 is 5.32 Å². The molecule has 0 aliphatic heterocycles. The molecule has 0 saturated heterocycles. The van der Waals surface area contributed by atoms with Crippen LogP contribution in [0.3, 0.4) is 0 Å². The Bertz CT molecular complexity index is 503. The minimum absolute atomic E-state index is 0.0665. The van der Waals surface area contributed by atoms with Crippen molar-refractivity contribution in [2.24, 2.45) is 0 Å². The Labute approximate surface area is 111 Å². The van der Waals surface area contributed by atoms with Gasteiger partial charge in [-0.3, -0.25) is 0 Å². The maximum Gasteiger partial charge on any atom is 0.223 e. The molecule has 1 unspecified atom stereocenters. The number of halogens is 1. The Hall–Kier alpha value is -1.65. The van der Waals surface area contributed by atoms with Gasteiger partial charge in [0, 0.05) is 0 Å². The molecule has 4 nitrogen and oxygen atoms in total. The Morgan fingerprint density at radius 3 is 2.39 bits per heavy atom. The predicted molar refractivity (Wildman–Crippen MR) is 71.5 cm³/mol. The molecule has 1 aromatic carbocycles. The molecule has 5 heteroatoms. The molecule has 1 atom stereocenters. The minimum atomic E-state index is -0.630. The molecule has 1 aromatic heterocycles. The monoisotopic (exact) mass is 263 g/mol. The maximum atomic E-state index is 9.61. The lowest BCUT2D eigenvalue weighted by atomic mass is 9.93. The summed E-state index contributed by atoms with van der Waals surface area (Å²) in [5.41, 5.74) is 0.334. The van der Waals surface area contributed by atoms with E-state index < -0.39 is 5.54 Å². The summed E-state index contributed by atoms with van der Waals surface area (Å²) < 4.78 is 0. The standard InChI is InChI=1S/C13H14ClN3O/c1-13(9-18,10-5-3-2-4-6-10)17-12-15-7-11(14)8-16-12/h2-8,18H,9H2,1H3,(H,15,16,17). The lowest BCUT2D eigenvalue weighted by Gasteiger charge is -2.29. The van der Waals surface area contributed by atoms with E-state index in [1.807, 2.05) is 37.3 Å². The lowest BCUT2D eigenvalue weighted by Crippen LogP contribution is -2.36. The van der Waals surface area contributed by atoms with Crippen molar-refractivity contribution in [3.8, 4) is 0 Å². The molecule has 1 heterocycles. The van der Waals surface area contributed by atoms with E-state index in [4.69, 9.17) is 11.6 Å². The van der Waals surface area contributed by atoms with E-state index in [2.05, 4.69) is 15.3 Å². The molecule has 94 valence electrons. The van der Waals surface area contributed by atoms with Crippen molar-refractivity contribution in [1.82, 2.24) is 9.97 Å². The van der Waals surface area contributed by atoms with Gasteiger partial charge in [-0.15, -0.1) is 0 Å². The van der Waals surface area contributed by atoms with Gasteiger partial charge in [-0.2, -0.15) is 0 Å². The molecule has 0 aliphatic carbocycles. The molecular weight excluding hydrogens is 250 g/mol. The number of aromatic nitrogens is 2. The number of nitrogens with one attached hydrogen (secondary N) is 1. The molecule has 0 saturated carbocycles. The van der Waals surface area contributed by atoms with Gasteiger partial charge in [-0.25, -0.2) is 9.97 Å². The van der Waals surface area contributed by atoms with Crippen molar-refractivity contribution >= 4 is 17.5 Å². The molecule has 2 N–H and O–H groups in total. The smallest absolute Gasteiger partial charge is 0.223 e. The number of aliphatic hydroxyl groups is 1. The first kappa shape index (κ1) is 12.8. The highest BCUT2D eigenvalue weighted by atomic mass is 35.5. The average Bonchev–Trinajstić information content (AvgIpc) is 2.42. The van der Waals surface area contributed by atoms with Crippen LogP contribution in [0.5, 0.6) is 0 Å². The Kier molecular flexibility index (Phi) is 3.79. The van der Waals surface area contributed by atoms with Gasteiger partial charge in [-0.1, -0.05) is 41.9 Å². The van der Waals surface area contributed by atoms with E-state index >= 15 is 0 Å². The number of rotatable bonds is 4. The van der Waals surface area contributed by atoms with Crippen molar-refractivity contribution in [3.05, 3.63) is 53.3 Å². The first-order valence-corrected chi connectivity index (χ1v) is 5.94. The molecule has 2 aromatic rings. The van der Waals surface area contributed by atoms with Gasteiger partial charge in [0.1, 0.15) is 0 Å². The van der Waals surface area contributed by atoms with E-state index in [0.29, 0.717) is 11.0 Å². The third-order valence-electron chi connectivity index (χ3n) is 2.74. The zero-order chi connectivity index (χ0) is 13.0. The number of hydrogen-bond acceptors (Lipinski definition) is 4. The highest BCUT2D eigenvalue weighted by Crippen LogP contribution is 2.23. The quantitative estimate of drug-likeness (QED) is 0.890. The molecule has 0 fully saturated rings. The number of anilines is 1. The molecular formula is C13H14ClN3O. The van der Waals surface area contributed by atoms with Crippen LogP contribution >= 0.6 is 11.6 Å². The summed E-state index contributed by atoms with van der Waals surface area (Å²) >= 11 is 5.73. The molecule has 0 amide bonds. The first-order valence-electron chi connectivity index (χ1n) is 5.56. The van der Waals surface area contributed by atoms with Crippen LogP contribution in [0.4, 0.5) is 5.95 Å². The van der Waals surface area contributed by atoms with E-state index in [-0.39, 0.29) is 6.61 Å². The summed E-state index contributed by atoms with van der Waals surface area (Å²) in [5.74, 6) is 0.430. The molecule has 0 radical (unpaired) electrons. The van der Waals surface area contributed by atoms with Gasteiger partial charge in [0.2, 0.25) is 5.95 Å². The van der Waals surface area contributed by atoms with Crippen LogP contribution in [0.1, 0.15) is 12.5 Å². The van der Waals surface area contributed by atoms with Crippen LogP contribution in [0.25, 0.3) is 0 Å². The predicted octanol–water partition coefficient (Wildman–Crippen LogP) is 2.45. The van der Waals surface area contributed by atoms with Crippen molar-refractivity contribution in [2.75, 3.05) is 11.9 Å². The van der Waals surface area contributed by atoms with Crippen molar-refractivity contribution in [2.45, 2.75) is 12.5 Å². The third-order valence-corrected chi connectivity index (χ3v) is 2.93. The number of benzene rings is 1. The van der Waals surface area contributed by atoms with Gasteiger partial charge in [-0.05, 0) is 12.5 Å². The van der Waals surface area contributed by atoms with Crippen LogP contribution in [0.2, 0.25) is 5.02 Å². The summed E-state index contributed by atoms with van der Waals surface area (Å²) in [5, 5.41) is 13.2. The Morgan fingerprint density at radius 2 is 1.83 bits per heavy atom. The van der Waals surface area contributed by atoms with E-state index in [1.54, 1.807) is 0 Å². The summed E-state index contributed by atoms with van der Waals surface area (Å²) in [7, 11) is 0. The number of hydrogen-bond donors (Lipinski definition) is 2. The Balaban J connectivity index is 2.26. The van der Waals surface area contributed by atoms with E-state index in [0.717, 1.165) is 5.56 Å². The first-order chi connectivity index (χ1) is 8.64. The topological polar surface area (TPSA) is 58.0 Å². The highest BCUT2D eigenvalue weighted by Gasteiger charge is 2.26. The van der Waals surface area contributed by atoms with Crippen molar-refractivity contribution < 1.29 is 5.11 Å². The fourth-order valence-electron chi connectivity index (χ4n) is 1.63. The minimum Gasteiger partial charge on any atom is -0.394 e. The molecule has 2 rings (SSSR count). The number of aliphatic hydroxyl groups excluding tert-OH is 1. The second-order valence-corrected chi connectivity index (χ2v) is 4.64. The van der Waals surface area contributed by atoms with Crippen LogP contribution in [-0.4, -0.2) is 21.7 Å². The summed E-state index contributed by atoms with van der Waals surface area (Å²) in [6.45, 7) is 1.82. The molecule has 0 aliphatic rings. The van der Waals surface area contributed by atoms with Gasteiger partial charge in [0.15, 0.2) is 0 Å². The van der Waals surface area contributed by atoms with Crippen molar-refractivity contribution in [3.63, 3.8) is 0 Å². The van der Waals surface area contributed by atoms with E-state index in [9.17, 15) is 5.11 Å². The SMILES string of the molecule is CC(CO)(Nc1ncc(Cl)cn1)c1ccccc1. The summed E-state index contributed by atoms with van der Waals surface area (Å²) in [4.78, 5) is 8.14. The second kappa shape index (κ2) is 5.33. The van der Waals surface area contributed by atoms with Crippen LogP contribution in [0.15, 0.2) is 42.7 Å². The van der Waals surface area contributed by atoms with E-state index in [1.165, 1.54) is 12.4 Å². The van der Waals surface area contributed by atoms with Crippen molar-refractivity contribution in [1.29, 1.82) is 0 Å². The Morgan fingerprint density at radius 1 is 1.22 bits per heavy atom. The molecule has 18 heavy (non-hydrogen) atoms. The second-order valence-electron chi connectivity index (χ2n) is 4.21. The summed E-state index contributed by atoms with van der Waals surface area (Å²) in [6.07, 6.45) is 3.03. The highest BCUT2D eigenvalue weighted by molar-refractivity contribution is 6.30. The fourth-order valence-corrected chi connectivity index (χ4v) is 1.73. The van der Waals surface area contributed by atoms with Gasteiger partial charge in [0.05, 0.1) is 29.6 Å². The average molecular weight is 264 g/mol. The van der Waals surface area contributed by atoms with Gasteiger partial charge in [0.25, 0.3) is 0 Å². The normalized spacial score (nSPS) is 13.9. The molecule has 0 bridgehead atoms. The summed E-state index contributed by atoms with van der Waals surface area (Å²) in [6, 6.07) is 9.67. The van der Waals surface area contributed by atoms with Crippen LogP contribution in [0, 0.1) is 0 Å². The van der Waals surface area contributed by atoms with Gasteiger partial charge < -0.3 is 10.4 Å². The molecule has 0 spiro atoms. The van der Waals surface area contributed by atoms with Gasteiger partial charge >= 0.3 is 0 Å². The fraction of sp³-hybridized carbons (Fsp3) is 0.231. The van der Waals surface area contributed by atoms with Crippen LogP contribution in [-0.2, 0) is 5.54 Å². The lowest BCUT2D eigenvalue weighted by molar-refractivity contribution is 0.223. The zero-order valence-corrected chi connectivity index (χ0v) is 10.7.